The van der Waals surface area contributed by atoms with Gasteiger partial charge in [-0.1, -0.05) is 68.7 Å². The number of nitrogens with zero attached hydrogens (tertiary/aromatic N) is 2. The minimum Gasteiger partial charge on any atom is -0.497 e. The van der Waals surface area contributed by atoms with Gasteiger partial charge in [0, 0.05) is 12.6 Å². The Morgan fingerprint density at radius 3 is 2.12 bits per heavy atom. The molecule has 9 heteroatoms. The Morgan fingerprint density at radius 1 is 0.905 bits per heavy atom. The minimum absolute atomic E-state index is 0.0821. The van der Waals surface area contributed by atoms with E-state index in [1.807, 2.05) is 31.2 Å². The fourth-order valence-electron chi connectivity index (χ4n) is 5.23. The quantitative estimate of drug-likeness (QED) is 0.308. The number of rotatable bonds is 12. The van der Waals surface area contributed by atoms with Gasteiger partial charge in [0.2, 0.25) is 11.8 Å². The van der Waals surface area contributed by atoms with Crippen molar-refractivity contribution in [2.24, 2.45) is 0 Å². The molecule has 4 rings (SSSR count). The summed E-state index contributed by atoms with van der Waals surface area (Å²) in [6.07, 6.45) is 5.93. The van der Waals surface area contributed by atoms with Crippen molar-refractivity contribution >= 4 is 27.5 Å². The molecule has 1 atom stereocenters. The Kier molecular flexibility index (Phi) is 10.6. The van der Waals surface area contributed by atoms with Crippen LogP contribution in [-0.2, 0) is 32.6 Å². The third-order valence-corrected chi connectivity index (χ3v) is 9.66. The molecule has 2 amide bonds. The van der Waals surface area contributed by atoms with Crippen LogP contribution in [0.4, 0.5) is 5.69 Å². The Bertz CT molecular complexity index is 1420. The fraction of sp³-hybridized carbons (Fsp3) is 0.394. The SMILES string of the molecule is CCc1ccc(N(CC(=O)N(Cc2ccc(OC)cc2)[C@H](C)C(=O)NC2CCCCC2)S(=O)(=O)c2ccccc2)cc1. The molecule has 0 radical (unpaired) electrons. The molecule has 0 spiro atoms. The molecule has 1 N–H and O–H groups in total. The number of aryl methyl sites for hydroxylation is 1. The Hall–Kier alpha value is -3.85. The maximum atomic E-state index is 14.1. The number of carbonyl (C=O) groups is 2. The average molecular weight is 592 g/mol. The van der Waals surface area contributed by atoms with Gasteiger partial charge >= 0.3 is 0 Å². The Balaban J connectivity index is 1.66. The van der Waals surface area contributed by atoms with Crippen LogP contribution in [0, 0.1) is 0 Å². The number of ether oxygens (including phenoxy) is 1. The van der Waals surface area contributed by atoms with Crippen molar-refractivity contribution in [3.8, 4) is 5.75 Å². The normalized spacial score (nSPS) is 14.5. The van der Waals surface area contributed by atoms with E-state index < -0.39 is 28.5 Å². The van der Waals surface area contributed by atoms with Gasteiger partial charge in [-0.25, -0.2) is 8.42 Å². The van der Waals surface area contributed by atoms with Crippen LogP contribution in [0.15, 0.2) is 83.8 Å². The van der Waals surface area contributed by atoms with E-state index in [0.29, 0.717) is 11.4 Å². The van der Waals surface area contributed by atoms with Crippen molar-refractivity contribution in [3.05, 3.63) is 90.0 Å². The molecule has 1 fully saturated rings. The number of methoxy groups -OCH3 is 1. The molecule has 0 bridgehead atoms. The zero-order valence-electron chi connectivity index (χ0n) is 24.7. The smallest absolute Gasteiger partial charge is 0.264 e. The first-order valence-corrected chi connectivity index (χ1v) is 16.1. The minimum atomic E-state index is -4.08. The first-order valence-electron chi connectivity index (χ1n) is 14.6. The van der Waals surface area contributed by atoms with E-state index in [1.54, 1.807) is 56.5 Å². The summed E-state index contributed by atoms with van der Waals surface area (Å²) in [7, 11) is -2.50. The lowest BCUT2D eigenvalue weighted by molar-refractivity contribution is -0.139. The summed E-state index contributed by atoms with van der Waals surface area (Å²) >= 11 is 0. The predicted molar refractivity (Wildman–Crippen MR) is 165 cm³/mol. The second-order valence-corrected chi connectivity index (χ2v) is 12.6. The lowest BCUT2D eigenvalue weighted by Crippen LogP contribution is -2.53. The zero-order valence-corrected chi connectivity index (χ0v) is 25.5. The molecule has 0 saturated heterocycles. The lowest BCUT2D eigenvalue weighted by atomic mass is 9.95. The van der Waals surface area contributed by atoms with E-state index >= 15 is 0 Å². The molecule has 0 aromatic heterocycles. The number of anilines is 1. The molecule has 1 aliphatic rings. The summed E-state index contributed by atoms with van der Waals surface area (Å²) in [5.41, 5.74) is 2.23. The molecule has 0 unspecified atom stereocenters. The van der Waals surface area contributed by atoms with Crippen LogP contribution < -0.4 is 14.4 Å². The van der Waals surface area contributed by atoms with Gasteiger partial charge in [0.05, 0.1) is 17.7 Å². The van der Waals surface area contributed by atoms with Crippen LogP contribution in [0.1, 0.15) is 57.1 Å². The van der Waals surface area contributed by atoms with Gasteiger partial charge in [-0.15, -0.1) is 0 Å². The van der Waals surface area contributed by atoms with Gasteiger partial charge in [-0.05, 0) is 73.7 Å². The zero-order chi connectivity index (χ0) is 30.1. The third-order valence-electron chi connectivity index (χ3n) is 7.87. The molecule has 1 aliphatic carbocycles. The number of carbonyl (C=O) groups excluding carboxylic acids is 2. The summed E-state index contributed by atoms with van der Waals surface area (Å²) in [6.45, 7) is 3.40. The van der Waals surface area contributed by atoms with Gasteiger partial charge in [0.25, 0.3) is 10.0 Å². The number of benzene rings is 3. The topological polar surface area (TPSA) is 96.0 Å². The average Bonchev–Trinajstić information content (AvgIpc) is 3.03. The van der Waals surface area contributed by atoms with Crippen molar-refractivity contribution < 1.29 is 22.7 Å². The first kappa shape index (κ1) is 31.1. The maximum Gasteiger partial charge on any atom is 0.264 e. The fourth-order valence-corrected chi connectivity index (χ4v) is 6.66. The van der Waals surface area contributed by atoms with Gasteiger partial charge < -0.3 is 15.0 Å². The van der Waals surface area contributed by atoms with E-state index in [2.05, 4.69) is 5.32 Å². The number of nitrogens with one attached hydrogen (secondary N) is 1. The molecule has 224 valence electrons. The highest BCUT2D eigenvalue weighted by atomic mass is 32.2. The van der Waals surface area contributed by atoms with E-state index in [1.165, 1.54) is 17.0 Å². The predicted octanol–water partition coefficient (Wildman–Crippen LogP) is 5.32. The van der Waals surface area contributed by atoms with E-state index in [4.69, 9.17) is 4.74 Å². The van der Waals surface area contributed by atoms with Crippen molar-refractivity contribution in [2.75, 3.05) is 18.0 Å². The van der Waals surface area contributed by atoms with Gasteiger partial charge in [-0.3, -0.25) is 13.9 Å². The molecule has 0 heterocycles. The van der Waals surface area contributed by atoms with Crippen LogP contribution in [0.25, 0.3) is 0 Å². The largest absolute Gasteiger partial charge is 0.497 e. The van der Waals surface area contributed by atoms with Crippen LogP contribution >= 0.6 is 0 Å². The highest BCUT2D eigenvalue weighted by molar-refractivity contribution is 7.92. The summed E-state index contributed by atoms with van der Waals surface area (Å²) < 4.78 is 34.2. The molecule has 0 aliphatic heterocycles. The highest BCUT2D eigenvalue weighted by Crippen LogP contribution is 2.26. The standard InChI is InChI=1S/C33H41N3O5S/c1-4-26-15-19-29(20-16-26)36(42(39,40)31-13-9-6-10-14-31)24-32(37)35(23-27-17-21-30(41-3)22-18-27)25(2)33(38)34-28-11-7-5-8-12-28/h6,9-10,13-22,25,28H,4-5,7-8,11-12,23-24H2,1-3H3,(H,34,38)/t25-/m1/s1. The van der Waals surface area contributed by atoms with Gasteiger partial charge in [0.1, 0.15) is 18.3 Å². The summed E-state index contributed by atoms with van der Waals surface area (Å²) in [4.78, 5) is 29.1. The second kappa shape index (κ2) is 14.4. The van der Waals surface area contributed by atoms with Crippen LogP contribution in [0.2, 0.25) is 0 Å². The van der Waals surface area contributed by atoms with Crippen molar-refractivity contribution in [2.45, 2.75) is 75.9 Å². The summed E-state index contributed by atoms with van der Waals surface area (Å²) in [5, 5.41) is 3.13. The molecular formula is C33H41N3O5S. The summed E-state index contributed by atoms with van der Waals surface area (Å²) in [5.74, 6) is -0.0416. The second-order valence-electron chi connectivity index (χ2n) is 10.7. The molecule has 3 aromatic carbocycles. The van der Waals surface area contributed by atoms with Crippen molar-refractivity contribution in [1.29, 1.82) is 0 Å². The molecule has 8 nitrogen and oxygen atoms in total. The maximum absolute atomic E-state index is 14.1. The Morgan fingerprint density at radius 2 is 1.52 bits per heavy atom. The lowest BCUT2D eigenvalue weighted by Gasteiger charge is -2.33. The number of hydrogen-bond acceptors (Lipinski definition) is 5. The third kappa shape index (κ3) is 7.70. The molecule has 3 aromatic rings. The Labute approximate surface area is 249 Å². The monoisotopic (exact) mass is 591 g/mol. The first-order chi connectivity index (χ1) is 20.2. The number of sulfonamides is 1. The molecular weight excluding hydrogens is 550 g/mol. The number of hydrogen-bond donors (Lipinski definition) is 1. The van der Waals surface area contributed by atoms with Crippen LogP contribution in [0.3, 0.4) is 0 Å². The van der Waals surface area contributed by atoms with E-state index in [-0.39, 0.29) is 23.4 Å². The molecule has 1 saturated carbocycles. The van der Waals surface area contributed by atoms with Crippen molar-refractivity contribution in [1.82, 2.24) is 10.2 Å². The van der Waals surface area contributed by atoms with Gasteiger partial charge in [-0.2, -0.15) is 0 Å². The highest BCUT2D eigenvalue weighted by Gasteiger charge is 2.33. The molecule has 42 heavy (non-hydrogen) atoms. The van der Waals surface area contributed by atoms with Crippen molar-refractivity contribution in [3.63, 3.8) is 0 Å². The van der Waals surface area contributed by atoms with Gasteiger partial charge in [0.15, 0.2) is 0 Å². The van der Waals surface area contributed by atoms with Crippen LogP contribution in [0.5, 0.6) is 5.75 Å². The number of amides is 2. The van der Waals surface area contributed by atoms with E-state index in [0.717, 1.165) is 54.0 Å². The summed E-state index contributed by atoms with van der Waals surface area (Å²) in [6, 6.07) is 21.8. The van der Waals surface area contributed by atoms with Crippen LogP contribution in [-0.4, -0.2) is 50.9 Å². The van der Waals surface area contributed by atoms with E-state index in [9.17, 15) is 18.0 Å².